The monoisotopic (exact) mass is 282 g/mol. The van der Waals surface area contributed by atoms with Gasteiger partial charge >= 0.3 is 0 Å². The highest BCUT2D eigenvalue weighted by Crippen LogP contribution is 2.16. The Labute approximate surface area is 124 Å². The minimum Gasteiger partial charge on any atom is -0.326 e. The van der Waals surface area contributed by atoms with Crippen molar-refractivity contribution < 1.29 is 9.59 Å². The molecule has 0 heterocycles. The Hall–Kier alpha value is -2.62. The van der Waals surface area contributed by atoms with Gasteiger partial charge in [0.05, 0.1) is 0 Å². The first-order valence-electron chi connectivity index (χ1n) is 6.71. The van der Waals surface area contributed by atoms with Crippen molar-refractivity contribution >= 4 is 23.2 Å². The number of hydrogen-bond acceptors (Lipinski definition) is 2. The molecule has 108 valence electrons. The number of benzene rings is 2. The highest BCUT2D eigenvalue weighted by atomic mass is 16.2. The highest BCUT2D eigenvalue weighted by Gasteiger charge is 2.07. The maximum atomic E-state index is 12.2. The Morgan fingerprint density at radius 3 is 1.76 bits per heavy atom. The fraction of sp³-hybridized carbons (Fsp3) is 0.176. The van der Waals surface area contributed by atoms with Crippen LogP contribution < -0.4 is 10.6 Å². The highest BCUT2D eigenvalue weighted by molar-refractivity contribution is 6.04. The van der Waals surface area contributed by atoms with Crippen molar-refractivity contribution in [2.75, 3.05) is 10.6 Å². The zero-order chi connectivity index (χ0) is 15.4. The molecule has 0 spiro atoms. The molecule has 2 aromatic rings. The van der Waals surface area contributed by atoms with Gasteiger partial charge in [0, 0.05) is 23.9 Å². The molecule has 0 aromatic heterocycles. The zero-order valence-electron chi connectivity index (χ0n) is 12.4. The van der Waals surface area contributed by atoms with Gasteiger partial charge in [-0.1, -0.05) is 17.2 Å². The van der Waals surface area contributed by atoms with E-state index in [9.17, 15) is 9.59 Å². The number of nitrogens with one attached hydrogen (secondary N) is 2. The summed E-state index contributed by atoms with van der Waals surface area (Å²) < 4.78 is 0. The molecule has 0 saturated carbocycles. The number of hydrogen-bond donors (Lipinski definition) is 2. The molecule has 0 fully saturated rings. The summed E-state index contributed by atoms with van der Waals surface area (Å²) in [5.41, 5.74) is 4.14. The van der Waals surface area contributed by atoms with Crippen molar-refractivity contribution in [3.05, 3.63) is 59.2 Å². The second kappa shape index (κ2) is 6.22. The standard InChI is InChI=1S/C17H18N2O2/c1-11-8-12(2)10-14(9-11)17(21)19-16-6-4-15(5-7-16)18-13(3)20/h4-10H,1-3H3,(H,18,20)(H,19,21). The minimum absolute atomic E-state index is 0.123. The fourth-order valence-corrected chi connectivity index (χ4v) is 2.15. The predicted octanol–water partition coefficient (Wildman–Crippen LogP) is 3.51. The van der Waals surface area contributed by atoms with Crippen LogP contribution in [0.25, 0.3) is 0 Å². The van der Waals surface area contributed by atoms with Crippen LogP contribution >= 0.6 is 0 Å². The topological polar surface area (TPSA) is 58.2 Å². The molecule has 0 aliphatic rings. The lowest BCUT2D eigenvalue weighted by Crippen LogP contribution is -2.12. The number of amides is 2. The van der Waals surface area contributed by atoms with Crippen molar-refractivity contribution in [2.45, 2.75) is 20.8 Å². The second-order valence-corrected chi connectivity index (χ2v) is 5.09. The van der Waals surface area contributed by atoms with Crippen LogP contribution in [0.15, 0.2) is 42.5 Å². The molecular weight excluding hydrogens is 264 g/mol. The van der Waals surface area contributed by atoms with Gasteiger partial charge in [0.25, 0.3) is 5.91 Å². The van der Waals surface area contributed by atoms with E-state index < -0.39 is 0 Å². The van der Waals surface area contributed by atoms with Crippen molar-refractivity contribution in [1.29, 1.82) is 0 Å². The van der Waals surface area contributed by atoms with Crippen LogP contribution in [-0.4, -0.2) is 11.8 Å². The van der Waals surface area contributed by atoms with Gasteiger partial charge in [-0.05, 0) is 50.2 Å². The molecule has 2 rings (SSSR count). The van der Waals surface area contributed by atoms with Gasteiger partial charge in [-0.15, -0.1) is 0 Å². The number of carbonyl (C=O) groups is 2. The molecule has 0 aliphatic heterocycles. The third-order valence-electron chi connectivity index (χ3n) is 2.95. The van der Waals surface area contributed by atoms with Crippen LogP contribution in [0.2, 0.25) is 0 Å². The average molecular weight is 282 g/mol. The Morgan fingerprint density at radius 1 is 0.810 bits per heavy atom. The summed E-state index contributed by atoms with van der Waals surface area (Å²) in [5, 5.41) is 5.52. The third-order valence-corrected chi connectivity index (χ3v) is 2.95. The lowest BCUT2D eigenvalue weighted by molar-refractivity contribution is -0.114. The van der Waals surface area contributed by atoms with Crippen LogP contribution in [0.1, 0.15) is 28.4 Å². The fourth-order valence-electron chi connectivity index (χ4n) is 2.15. The van der Waals surface area contributed by atoms with Crippen molar-refractivity contribution in [2.24, 2.45) is 0 Å². The normalized spacial score (nSPS) is 10.0. The third kappa shape index (κ3) is 4.18. The maximum Gasteiger partial charge on any atom is 0.255 e. The Bertz CT molecular complexity index is 655. The molecule has 4 heteroatoms. The van der Waals surface area contributed by atoms with Crippen LogP contribution in [-0.2, 0) is 4.79 Å². The second-order valence-electron chi connectivity index (χ2n) is 5.09. The number of anilines is 2. The molecule has 0 atom stereocenters. The van der Waals surface area contributed by atoms with E-state index in [2.05, 4.69) is 10.6 Å². The summed E-state index contributed by atoms with van der Waals surface area (Å²) in [6.45, 7) is 5.38. The van der Waals surface area contributed by atoms with Crippen LogP contribution in [0, 0.1) is 13.8 Å². The van der Waals surface area contributed by atoms with E-state index in [4.69, 9.17) is 0 Å². The quantitative estimate of drug-likeness (QED) is 0.905. The molecule has 2 amide bonds. The summed E-state index contributed by atoms with van der Waals surface area (Å²) in [5.74, 6) is -0.268. The molecule has 0 saturated heterocycles. The Balaban J connectivity index is 2.10. The lowest BCUT2D eigenvalue weighted by atomic mass is 10.1. The van der Waals surface area contributed by atoms with Gasteiger partial charge in [-0.25, -0.2) is 0 Å². The average Bonchev–Trinajstić information content (AvgIpc) is 2.39. The van der Waals surface area contributed by atoms with Gasteiger partial charge in [-0.2, -0.15) is 0 Å². The van der Waals surface area contributed by atoms with Crippen LogP contribution in [0.5, 0.6) is 0 Å². The summed E-state index contributed by atoms with van der Waals surface area (Å²) >= 11 is 0. The number of aryl methyl sites for hydroxylation is 2. The molecule has 0 radical (unpaired) electrons. The zero-order valence-corrected chi connectivity index (χ0v) is 12.4. The summed E-state index contributed by atoms with van der Waals surface area (Å²) in [4.78, 5) is 23.1. The minimum atomic E-state index is -0.144. The van der Waals surface area contributed by atoms with E-state index in [1.165, 1.54) is 6.92 Å². The van der Waals surface area contributed by atoms with Crippen molar-refractivity contribution in [3.63, 3.8) is 0 Å². The number of carbonyl (C=O) groups excluding carboxylic acids is 2. The Morgan fingerprint density at radius 2 is 1.29 bits per heavy atom. The number of rotatable bonds is 3. The molecular formula is C17H18N2O2. The van der Waals surface area contributed by atoms with Gasteiger partial charge in [-0.3, -0.25) is 9.59 Å². The van der Waals surface area contributed by atoms with E-state index in [-0.39, 0.29) is 11.8 Å². The summed E-state index contributed by atoms with van der Waals surface area (Å²) in [6, 6.07) is 12.7. The van der Waals surface area contributed by atoms with Gasteiger partial charge in [0.2, 0.25) is 5.91 Å². The van der Waals surface area contributed by atoms with E-state index in [1.54, 1.807) is 24.3 Å². The van der Waals surface area contributed by atoms with Crippen LogP contribution in [0.4, 0.5) is 11.4 Å². The van der Waals surface area contributed by atoms with E-state index in [1.807, 2.05) is 32.0 Å². The van der Waals surface area contributed by atoms with Crippen molar-refractivity contribution in [3.8, 4) is 0 Å². The van der Waals surface area contributed by atoms with Gasteiger partial charge in [0.1, 0.15) is 0 Å². The molecule has 21 heavy (non-hydrogen) atoms. The Kier molecular flexibility index (Phi) is 4.38. The van der Waals surface area contributed by atoms with Crippen LogP contribution in [0.3, 0.4) is 0 Å². The lowest BCUT2D eigenvalue weighted by Gasteiger charge is -2.08. The first-order valence-corrected chi connectivity index (χ1v) is 6.71. The SMILES string of the molecule is CC(=O)Nc1ccc(NC(=O)c2cc(C)cc(C)c2)cc1. The molecule has 4 nitrogen and oxygen atoms in total. The molecule has 0 bridgehead atoms. The molecule has 0 aliphatic carbocycles. The first kappa shape index (κ1) is 14.8. The summed E-state index contributed by atoms with van der Waals surface area (Å²) in [7, 11) is 0. The largest absolute Gasteiger partial charge is 0.326 e. The molecule has 2 aromatic carbocycles. The van der Waals surface area contributed by atoms with Gasteiger partial charge in [0.15, 0.2) is 0 Å². The smallest absolute Gasteiger partial charge is 0.255 e. The first-order chi connectivity index (χ1) is 9.94. The predicted molar refractivity (Wildman–Crippen MR) is 84.6 cm³/mol. The molecule has 0 unspecified atom stereocenters. The van der Waals surface area contributed by atoms with E-state index in [0.29, 0.717) is 16.9 Å². The molecule has 2 N–H and O–H groups in total. The van der Waals surface area contributed by atoms with E-state index >= 15 is 0 Å². The van der Waals surface area contributed by atoms with Gasteiger partial charge < -0.3 is 10.6 Å². The maximum absolute atomic E-state index is 12.2. The van der Waals surface area contributed by atoms with E-state index in [0.717, 1.165) is 11.1 Å². The summed E-state index contributed by atoms with van der Waals surface area (Å²) in [6.07, 6.45) is 0. The van der Waals surface area contributed by atoms with Crippen molar-refractivity contribution in [1.82, 2.24) is 0 Å².